The normalized spacial score (nSPS) is 20.9. The molecule has 1 heterocycles. The molecule has 20 heavy (non-hydrogen) atoms. The van der Waals surface area contributed by atoms with Gasteiger partial charge >= 0.3 is 0 Å². The van der Waals surface area contributed by atoms with Gasteiger partial charge in [-0.3, -0.25) is 4.79 Å². The highest BCUT2D eigenvalue weighted by Gasteiger charge is 2.40. The van der Waals surface area contributed by atoms with Crippen LogP contribution in [0.2, 0.25) is 0 Å². The Bertz CT molecular complexity index is 638. The first-order valence-corrected chi connectivity index (χ1v) is 8.42. The number of nitrogens with zero attached hydrogens (tertiary/aromatic N) is 1. The molecule has 1 atom stereocenters. The first-order valence-electron chi connectivity index (χ1n) is 5.57. The molecule has 0 aromatic heterocycles. The van der Waals surface area contributed by atoms with Crippen LogP contribution in [-0.2, 0) is 14.6 Å². The van der Waals surface area contributed by atoms with Gasteiger partial charge in [0.2, 0.25) is 0 Å². The van der Waals surface area contributed by atoms with Crippen LogP contribution < -0.4 is 4.90 Å². The molecule has 0 radical (unpaired) electrons. The van der Waals surface area contributed by atoms with Crippen LogP contribution in [0.25, 0.3) is 0 Å². The van der Waals surface area contributed by atoms with Crippen LogP contribution in [0.5, 0.6) is 0 Å². The van der Waals surface area contributed by atoms with Gasteiger partial charge in [-0.15, -0.1) is 0 Å². The summed E-state index contributed by atoms with van der Waals surface area (Å²) in [5.74, 6) is -1.02. The topological polar surface area (TPSA) is 54.5 Å². The summed E-state index contributed by atoms with van der Waals surface area (Å²) in [6.07, 6.45) is 1.41. The highest BCUT2D eigenvalue weighted by atomic mass is 35.6. The van der Waals surface area contributed by atoms with Gasteiger partial charge in [-0.25, -0.2) is 8.42 Å². The molecule has 0 saturated heterocycles. The van der Waals surface area contributed by atoms with Gasteiger partial charge in [0, 0.05) is 11.1 Å². The number of amides is 1. The molecule has 1 aromatic rings. The maximum Gasteiger partial charge on any atom is 0.279 e. The zero-order valence-electron chi connectivity index (χ0n) is 10.0. The van der Waals surface area contributed by atoms with Crippen LogP contribution in [0, 0.1) is 0 Å². The largest absolute Gasteiger partial charge is 0.301 e. The molecule has 0 N–H and O–H groups in total. The Kier molecular flexibility index (Phi) is 4.35. The number of rotatable bonds is 2. The molecule has 0 spiro atoms. The van der Waals surface area contributed by atoms with Gasteiger partial charge in [0.1, 0.15) is 0 Å². The van der Waals surface area contributed by atoms with Crippen molar-refractivity contribution in [3.63, 3.8) is 0 Å². The third kappa shape index (κ3) is 3.47. The lowest BCUT2D eigenvalue weighted by Crippen LogP contribution is -2.46. The van der Waals surface area contributed by atoms with E-state index in [2.05, 4.69) is 0 Å². The monoisotopic (exact) mass is 353 g/mol. The summed E-state index contributed by atoms with van der Waals surface area (Å²) in [6, 6.07) is 7.79. The lowest BCUT2D eigenvalue weighted by Gasteiger charge is -2.30. The number of carbonyl (C=O) groups is 1. The molecular weight excluding hydrogens is 345 g/mol. The van der Waals surface area contributed by atoms with Crippen LogP contribution in [0.3, 0.4) is 0 Å². The summed E-state index contributed by atoms with van der Waals surface area (Å²) < 4.78 is 20.9. The summed E-state index contributed by atoms with van der Waals surface area (Å²) >= 11 is 16.9. The number of anilines is 1. The molecule has 0 bridgehead atoms. The maximum absolute atomic E-state index is 12.3. The van der Waals surface area contributed by atoms with Gasteiger partial charge in [0.05, 0.1) is 11.8 Å². The maximum atomic E-state index is 12.3. The van der Waals surface area contributed by atoms with Crippen molar-refractivity contribution < 1.29 is 13.2 Å². The standard InChI is InChI=1S/C12H10Cl3NO3S/c13-12(14,15)11(17)16(9-4-2-1-3-5-9)10-6-7-20(18,19)8-10/h1-7,10H,8H2. The predicted octanol–water partition coefficient (Wildman–Crippen LogP) is 2.70. The zero-order chi connectivity index (χ0) is 15.0. The van der Waals surface area contributed by atoms with Crippen LogP contribution in [0.4, 0.5) is 5.69 Å². The van der Waals surface area contributed by atoms with Gasteiger partial charge in [-0.2, -0.15) is 0 Å². The van der Waals surface area contributed by atoms with Crippen molar-refractivity contribution in [2.24, 2.45) is 0 Å². The number of halogens is 3. The Morgan fingerprint density at radius 2 is 1.80 bits per heavy atom. The Morgan fingerprint density at radius 3 is 2.25 bits per heavy atom. The fourth-order valence-corrected chi connectivity index (χ4v) is 3.45. The van der Waals surface area contributed by atoms with E-state index in [1.165, 1.54) is 11.0 Å². The molecule has 1 aromatic carbocycles. The number of para-hydroxylation sites is 1. The third-order valence-corrected chi connectivity index (χ3v) is 4.60. The summed E-state index contributed by atoms with van der Waals surface area (Å²) in [5.41, 5.74) is 0.468. The second kappa shape index (κ2) is 5.56. The SMILES string of the molecule is O=C(N(c1ccccc1)C1C=CS(=O)(=O)C1)C(Cl)(Cl)Cl. The molecule has 8 heteroatoms. The number of hydrogen-bond donors (Lipinski definition) is 0. The van der Waals surface area contributed by atoms with Crippen LogP contribution in [0.15, 0.2) is 41.8 Å². The molecule has 0 saturated carbocycles. The van der Waals surface area contributed by atoms with E-state index in [1.807, 2.05) is 0 Å². The lowest BCUT2D eigenvalue weighted by molar-refractivity contribution is -0.118. The average molecular weight is 355 g/mol. The molecule has 2 rings (SSSR count). The van der Waals surface area contributed by atoms with E-state index in [-0.39, 0.29) is 5.75 Å². The van der Waals surface area contributed by atoms with Crippen molar-refractivity contribution in [3.05, 3.63) is 41.8 Å². The number of benzene rings is 1. The van der Waals surface area contributed by atoms with E-state index in [0.29, 0.717) is 5.69 Å². The van der Waals surface area contributed by atoms with Crippen molar-refractivity contribution in [1.82, 2.24) is 0 Å². The smallest absolute Gasteiger partial charge is 0.279 e. The summed E-state index contributed by atoms with van der Waals surface area (Å²) in [4.78, 5) is 13.5. The summed E-state index contributed by atoms with van der Waals surface area (Å²) in [5, 5.41) is 1.07. The first-order chi connectivity index (χ1) is 9.21. The molecular formula is C12H10Cl3NO3S. The summed E-state index contributed by atoms with van der Waals surface area (Å²) in [7, 11) is -3.33. The zero-order valence-corrected chi connectivity index (χ0v) is 13.1. The quantitative estimate of drug-likeness (QED) is 0.767. The van der Waals surface area contributed by atoms with E-state index in [0.717, 1.165) is 5.41 Å². The van der Waals surface area contributed by atoms with Crippen LogP contribution in [-0.4, -0.2) is 29.9 Å². The Hall–Kier alpha value is -0.750. The predicted molar refractivity (Wildman–Crippen MR) is 80.9 cm³/mol. The summed E-state index contributed by atoms with van der Waals surface area (Å²) in [6.45, 7) is 0. The first kappa shape index (κ1) is 15.6. The number of alkyl halides is 3. The fraction of sp³-hybridized carbons (Fsp3) is 0.250. The number of sulfone groups is 1. The van der Waals surface area contributed by atoms with E-state index in [4.69, 9.17) is 34.8 Å². The minimum Gasteiger partial charge on any atom is -0.301 e. The Balaban J connectivity index is 2.42. The van der Waals surface area contributed by atoms with Crippen molar-refractivity contribution in [2.45, 2.75) is 9.83 Å². The fourth-order valence-electron chi connectivity index (χ4n) is 1.90. The van der Waals surface area contributed by atoms with Gasteiger partial charge < -0.3 is 4.90 Å². The molecule has 0 fully saturated rings. The molecule has 0 aliphatic carbocycles. The van der Waals surface area contributed by atoms with Crippen LogP contribution in [0.1, 0.15) is 0 Å². The second-order valence-electron chi connectivity index (χ2n) is 4.23. The van der Waals surface area contributed by atoms with E-state index >= 15 is 0 Å². The van der Waals surface area contributed by atoms with Gasteiger partial charge in [0.25, 0.3) is 9.70 Å². The second-order valence-corrected chi connectivity index (χ2v) is 8.45. The van der Waals surface area contributed by atoms with Gasteiger partial charge in [-0.1, -0.05) is 53.0 Å². The third-order valence-electron chi connectivity index (χ3n) is 2.74. The van der Waals surface area contributed by atoms with Gasteiger partial charge in [0.15, 0.2) is 9.84 Å². The van der Waals surface area contributed by atoms with Crippen molar-refractivity contribution >= 4 is 56.2 Å². The lowest BCUT2D eigenvalue weighted by atomic mass is 10.2. The minimum atomic E-state index is -3.33. The average Bonchev–Trinajstić information content (AvgIpc) is 2.70. The highest BCUT2D eigenvalue weighted by Crippen LogP contribution is 2.33. The van der Waals surface area contributed by atoms with Crippen LogP contribution >= 0.6 is 34.8 Å². The van der Waals surface area contributed by atoms with E-state index < -0.39 is 25.6 Å². The van der Waals surface area contributed by atoms with Crippen molar-refractivity contribution in [1.29, 1.82) is 0 Å². The van der Waals surface area contributed by atoms with Gasteiger partial charge in [-0.05, 0) is 18.2 Å². The molecule has 4 nitrogen and oxygen atoms in total. The molecule has 108 valence electrons. The number of hydrogen-bond acceptors (Lipinski definition) is 3. The molecule has 1 amide bonds. The van der Waals surface area contributed by atoms with E-state index in [9.17, 15) is 13.2 Å². The Labute approximate surface area is 131 Å². The molecule has 1 unspecified atom stereocenters. The van der Waals surface area contributed by atoms with Crippen molar-refractivity contribution in [3.8, 4) is 0 Å². The van der Waals surface area contributed by atoms with Crippen molar-refractivity contribution in [2.75, 3.05) is 10.7 Å². The minimum absolute atomic E-state index is 0.228. The molecule has 1 aliphatic heterocycles. The highest BCUT2D eigenvalue weighted by molar-refractivity contribution is 7.94. The molecule has 1 aliphatic rings. The van der Waals surface area contributed by atoms with E-state index in [1.54, 1.807) is 30.3 Å². The Morgan fingerprint density at radius 1 is 1.20 bits per heavy atom. The number of carbonyl (C=O) groups excluding carboxylic acids is 1.